The van der Waals surface area contributed by atoms with E-state index in [1.807, 2.05) is 13.8 Å². The van der Waals surface area contributed by atoms with Crippen LogP contribution in [0.3, 0.4) is 0 Å². The number of aromatic amines is 1. The highest BCUT2D eigenvalue weighted by molar-refractivity contribution is 5.68. The molecule has 0 aromatic carbocycles. The van der Waals surface area contributed by atoms with Crippen LogP contribution >= 0.6 is 0 Å². The topological polar surface area (TPSA) is 72.7 Å². The Hall–Kier alpha value is -1.85. The maximum absolute atomic E-state index is 12.0. The van der Waals surface area contributed by atoms with Gasteiger partial charge in [0.25, 0.3) is 5.56 Å². The number of imidazole rings is 1. The van der Waals surface area contributed by atoms with Gasteiger partial charge in [-0.15, -0.1) is 0 Å². The Kier molecular flexibility index (Phi) is 2.41. The van der Waals surface area contributed by atoms with Crippen LogP contribution in [-0.4, -0.2) is 19.1 Å². The lowest BCUT2D eigenvalue weighted by molar-refractivity contribution is 0.480. The second-order valence-corrected chi connectivity index (χ2v) is 3.88. The Balaban J connectivity index is 2.94. The fraction of sp³-hybridized carbons (Fsp3) is 0.500. The number of hydrogen-bond donors (Lipinski definition) is 1. The molecule has 0 spiro atoms. The van der Waals surface area contributed by atoms with Crippen LogP contribution < -0.4 is 11.2 Å². The van der Waals surface area contributed by atoms with Gasteiger partial charge in [0.05, 0.1) is 6.33 Å². The van der Waals surface area contributed by atoms with Gasteiger partial charge in [0, 0.05) is 13.1 Å². The fourth-order valence-corrected chi connectivity index (χ4v) is 1.73. The molecule has 2 rings (SSSR count). The zero-order valence-electron chi connectivity index (χ0n) is 9.52. The number of nitrogens with one attached hydrogen (secondary N) is 1. The van der Waals surface area contributed by atoms with Crippen LogP contribution in [0.15, 0.2) is 15.9 Å². The van der Waals surface area contributed by atoms with E-state index in [4.69, 9.17) is 0 Å². The van der Waals surface area contributed by atoms with E-state index in [-0.39, 0.29) is 17.3 Å². The highest BCUT2D eigenvalue weighted by Gasteiger charge is 2.15. The summed E-state index contributed by atoms with van der Waals surface area (Å²) in [7, 11) is 1.61. The van der Waals surface area contributed by atoms with Crippen LogP contribution in [0.1, 0.15) is 26.3 Å². The van der Waals surface area contributed by atoms with Gasteiger partial charge in [0.2, 0.25) is 0 Å². The minimum Gasteiger partial charge on any atom is -0.339 e. The van der Waals surface area contributed by atoms with E-state index >= 15 is 0 Å². The summed E-state index contributed by atoms with van der Waals surface area (Å²) >= 11 is 0. The van der Waals surface area contributed by atoms with Gasteiger partial charge in [-0.1, -0.05) is 6.92 Å². The monoisotopic (exact) mass is 222 g/mol. The summed E-state index contributed by atoms with van der Waals surface area (Å²) in [5, 5.41) is 0. The first kappa shape index (κ1) is 10.7. The molecule has 86 valence electrons. The molecule has 0 saturated heterocycles. The van der Waals surface area contributed by atoms with E-state index in [0.29, 0.717) is 11.2 Å². The third-order valence-corrected chi connectivity index (χ3v) is 2.89. The van der Waals surface area contributed by atoms with Crippen molar-refractivity contribution < 1.29 is 0 Å². The molecule has 2 heterocycles. The van der Waals surface area contributed by atoms with Crippen molar-refractivity contribution in [1.29, 1.82) is 0 Å². The second kappa shape index (κ2) is 3.62. The summed E-state index contributed by atoms with van der Waals surface area (Å²) in [5.74, 6) is 0. The van der Waals surface area contributed by atoms with Crippen LogP contribution in [-0.2, 0) is 7.05 Å². The SMILES string of the molecule is CCC(C)n1c(=O)c2[nH]cnc2n(C)c1=O. The molecule has 6 nitrogen and oxygen atoms in total. The highest BCUT2D eigenvalue weighted by atomic mass is 16.2. The molecule has 0 bridgehead atoms. The number of hydrogen-bond acceptors (Lipinski definition) is 3. The molecule has 0 fully saturated rings. The van der Waals surface area contributed by atoms with Crippen LogP contribution in [0, 0.1) is 0 Å². The molecule has 0 aliphatic rings. The molecule has 0 amide bonds. The summed E-state index contributed by atoms with van der Waals surface area (Å²) < 4.78 is 2.65. The van der Waals surface area contributed by atoms with Gasteiger partial charge in [0.1, 0.15) is 5.52 Å². The van der Waals surface area contributed by atoms with E-state index in [2.05, 4.69) is 9.97 Å². The van der Waals surface area contributed by atoms with Crippen molar-refractivity contribution in [2.45, 2.75) is 26.3 Å². The molecule has 0 saturated carbocycles. The predicted molar refractivity (Wildman–Crippen MR) is 60.6 cm³/mol. The standard InChI is InChI=1S/C10H14N4O2/c1-4-6(2)14-9(15)7-8(12-5-11-7)13(3)10(14)16/h5-6H,4H2,1-3H3,(H,11,12). The van der Waals surface area contributed by atoms with E-state index < -0.39 is 0 Å². The molecule has 0 aliphatic heterocycles. The maximum Gasteiger partial charge on any atom is 0.332 e. The summed E-state index contributed by atoms with van der Waals surface area (Å²) in [6.45, 7) is 3.79. The molecule has 1 atom stereocenters. The number of fused-ring (bicyclic) bond motifs is 1. The van der Waals surface area contributed by atoms with E-state index in [0.717, 1.165) is 6.42 Å². The molecule has 0 aliphatic carbocycles. The third-order valence-electron chi connectivity index (χ3n) is 2.89. The van der Waals surface area contributed by atoms with Crippen LogP contribution in [0.5, 0.6) is 0 Å². The Bertz CT molecular complexity index is 634. The normalized spacial score (nSPS) is 13.2. The summed E-state index contributed by atoms with van der Waals surface area (Å²) in [5.41, 5.74) is 0.154. The van der Waals surface area contributed by atoms with Crippen molar-refractivity contribution in [3.8, 4) is 0 Å². The first-order chi connectivity index (χ1) is 7.57. The third kappa shape index (κ3) is 1.30. The molecule has 0 radical (unpaired) electrons. The number of aryl methyl sites for hydroxylation is 1. The van der Waals surface area contributed by atoms with E-state index in [1.165, 1.54) is 15.5 Å². The van der Waals surface area contributed by atoms with Crippen LogP contribution in [0.25, 0.3) is 11.2 Å². The smallest absolute Gasteiger partial charge is 0.332 e. The van der Waals surface area contributed by atoms with Gasteiger partial charge in [-0.3, -0.25) is 13.9 Å². The number of aromatic nitrogens is 4. The molecule has 1 unspecified atom stereocenters. The molecule has 1 N–H and O–H groups in total. The zero-order valence-corrected chi connectivity index (χ0v) is 9.52. The van der Waals surface area contributed by atoms with Crippen molar-refractivity contribution >= 4 is 11.2 Å². The number of H-pyrrole nitrogens is 1. The summed E-state index contributed by atoms with van der Waals surface area (Å²) in [6, 6.07) is -0.112. The second-order valence-electron chi connectivity index (χ2n) is 3.88. The minimum absolute atomic E-state index is 0.112. The maximum atomic E-state index is 12.0. The van der Waals surface area contributed by atoms with Gasteiger partial charge in [-0.2, -0.15) is 0 Å². The largest absolute Gasteiger partial charge is 0.339 e. The number of nitrogens with zero attached hydrogens (tertiary/aromatic N) is 3. The van der Waals surface area contributed by atoms with E-state index in [1.54, 1.807) is 7.05 Å². The predicted octanol–water partition coefficient (Wildman–Crippen LogP) is 0.394. The lowest BCUT2D eigenvalue weighted by atomic mass is 10.2. The Morgan fingerprint density at radius 1 is 1.50 bits per heavy atom. The van der Waals surface area contributed by atoms with Gasteiger partial charge >= 0.3 is 5.69 Å². The lowest BCUT2D eigenvalue weighted by Gasteiger charge is -2.13. The average Bonchev–Trinajstić information content (AvgIpc) is 2.75. The van der Waals surface area contributed by atoms with Gasteiger partial charge in [-0.25, -0.2) is 9.78 Å². The first-order valence-electron chi connectivity index (χ1n) is 5.22. The first-order valence-corrected chi connectivity index (χ1v) is 5.22. The molecule has 2 aromatic heterocycles. The number of rotatable bonds is 2. The van der Waals surface area contributed by atoms with Gasteiger partial charge < -0.3 is 4.98 Å². The minimum atomic E-state index is -0.320. The quantitative estimate of drug-likeness (QED) is 0.799. The van der Waals surface area contributed by atoms with E-state index in [9.17, 15) is 9.59 Å². The lowest BCUT2D eigenvalue weighted by Crippen LogP contribution is -2.40. The zero-order chi connectivity index (χ0) is 11.9. The van der Waals surface area contributed by atoms with Gasteiger partial charge in [-0.05, 0) is 13.3 Å². The van der Waals surface area contributed by atoms with Crippen molar-refractivity contribution in [3.63, 3.8) is 0 Å². The average molecular weight is 222 g/mol. The van der Waals surface area contributed by atoms with Crippen molar-refractivity contribution in [1.82, 2.24) is 19.1 Å². The van der Waals surface area contributed by atoms with Crippen LogP contribution in [0.4, 0.5) is 0 Å². The highest BCUT2D eigenvalue weighted by Crippen LogP contribution is 2.06. The Labute approximate surface area is 91.5 Å². The Morgan fingerprint density at radius 3 is 2.81 bits per heavy atom. The van der Waals surface area contributed by atoms with Gasteiger partial charge in [0.15, 0.2) is 5.65 Å². The molecular formula is C10H14N4O2. The fourth-order valence-electron chi connectivity index (χ4n) is 1.73. The molecule has 16 heavy (non-hydrogen) atoms. The molecule has 2 aromatic rings. The summed E-state index contributed by atoms with van der Waals surface area (Å²) in [6.07, 6.45) is 2.15. The van der Waals surface area contributed by atoms with Crippen molar-refractivity contribution in [3.05, 3.63) is 27.2 Å². The van der Waals surface area contributed by atoms with Crippen molar-refractivity contribution in [2.24, 2.45) is 7.05 Å². The van der Waals surface area contributed by atoms with Crippen LogP contribution in [0.2, 0.25) is 0 Å². The van der Waals surface area contributed by atoms with Crippen molar-refractivity contribution in [2.75, 3.05) is 0 Å². The summed E-state index contributed by atoms with van der Waals surface area (Å²) in [4.78, 5) is 30.7. The Morgan fingerprint density at radius 2 is 2.19 bits per heavy atom. The molecule has 6 heteroatoms. The molecular weight excluding hydrogens is 208 g/mol.